The molecule has 114 valence electrons. The molecule has 1 aliphatic rings. The second-order valence-corrected chi connectivity index (χ2v) is 10.2. The highest BCUT2D eigenvalue weighted by Crippen LogP contribution is 2.44. The van der Waals surface area contributed by atoms with Gasteiger partial charge in [0.2, 0.25) is 0 Å². The molecule has 1 aliphatic carbocycles. The molecule has 0 atom stereocenters. The summed E-state index contributed by atoms with van der Waals surface area (Å²) in [7, 11) is -3.10. The van der Waals surface area contributed by atoms with Crippen molar-refractivity contribution in [2.45, 2.75) is 57.6 Å². The highest BCUT2D eigenvalue weighted by atomic mass is 35.5. The summed E-state index contributed by atoms with van der Waals surface area (Å²) < 4.78 is 23.8. The third kappa shape index (κ3) is 4.01. The van der Waals surface area contributed by atoms with Crippen LogP contribution in [0, 0.1) is 11.3 Å². The van der Waals surface area contributed by atoms with E-state index in [2.05, 4.69) is 0 Å². The summed E-state index contributed by atoms with van der Waals surface area (Å²) in [5.74, 6) is 1.59. The fourth-order valence-corrected chi connectivity index (χ4v) is 5.05. The molecule has 0 aromatic heterocycles. The Kier molecular flexibility index (Phi) is 6.04. The van der Waals surface area contributed by atoms with Gasteiger partial charge in [-0.15, -0.1) is 23.2 Å². The van der Waals surface area contributed by atoms with Crippen LogP contribution in [0.25, 0.3) is 0 Å². The van der Waals surface area contributed by atoms with E-state index in [0.29, 0.717) is 24.1 Å². The lowest BCUT2D eigenvalue weighted by Crippen LogP contribution is -2.38. The normalized spacial score (nSPS) is 19.0. The SMILES string of the molecule is CC(C)(C)S(=O)(=O)CCC(CCl)(CCl)C1CCCC1. The molecule has 0 spiro atoms. The lowest BCUT2D eigenvalue weighted by molar-refractivity contribution is 0.218. The molecule has 0 aliphatic heterocycles. The third-order valence-electron chi connectivity index (χ3n) is 4.56. The van der Waals surface area contributed by atoms with Gasteiger partial charge in [0, 0.05) is 17.2 Å². The summed E-state index contributed by atoms with van der Waals surface area (Å²) in [5, 5.41) is 0. The van der Waals surface area contributed by atoms with E-state index in [9.17, 15) is 8.42 Å². The Balaban J connectivity index is 2.80. The molecule has 0 radical (unpaired) electrons. The van der Waals surface area contributed by atoms with Gasteiger partial charge in [-0.25, -0.2) is 8.42 Å². The number of rotatable bonds is 6. The molecule has 0 heterocycles. The van der Waals surface area contributed by atoms with E-state index in [1.54, 1.807) is 20.8 Å². The van der Waals surface area contributed by atoms with E-state index in [0.717, 1.165) is 12.8 Å². The lowest BCUT2D eigenvalue weighted by Gasteiger charge is -2.36. The van der Waals surface area contributed by atoms with Gasteiger partial charge in [0.15, 0.2) is 9.84 Å². The van der Waals surface area contributed by atoms with Crippen LogP contribution in [0.15, 0.2) is 0 Å². The zero-order chi connectivity index (χ0) is 14.7. The Labute approximate surface area is 128 Å². The van der Waals surface area contributed by atoms with Crippen molar-refractivity contribution in [2.24, 2.45) is 11.3 Å². The maximum Gasteiger partial charge on any atom is 0.155 e. The first-order valence-corrected chi connectivity index (χ1v) is 9.75. The van der Waals surface area contributed by atoms with Crippen molar-refractivity contribution in [2.75, 3.05) is 17.5 Å². The van der Waals surface area contributed by atoms with Gasteiger partial charge in [0.25, 0.3) is 0 Å². The first-order chi connectivity index (χ1) is 8.68. The van der Waals surface area contributed by atoms with Crippen LogP contribution >= 0.6 is 23.2 Å². The minimum Gasteiger partial charge on any atom is -0.228 e. The third-order valence-corrected chi connectivity index (χ3v) is 8.23. The number of sulfone groups is 1. The van der Waals surface area contributed by atoms with E-state index in [-0.39, 0.29) is 11.2 Å². The van der Waals surface area contributed by atoms with E-state index in [4.69, 9.17) is 23.2 Å². The number of hydrogen-bond acceptors (Lipinski definition) is 2. The van der Waals surface area contributed by atoms with Gasteiger partial charge in [0.1, 0.15) is 0 Å². The van der Waals surface area contributed by atoms with E-state index < -0.39 is 14.6 Å². The summed E-state index contributed by atoms with van der Waals surface area (Å²) in [6, 6.07) is 0. The second kappa shape index (κ2) is 6.53. The fraction of sp³-hybridized carbons (Fsp3) is 1.00. The minimum absolute atomic E-state index is 0.187. The Hall–Kier alpha value is 0.530. The standard InChI is InChI=1S/C14H26Cl2O2S/c1-13(2,3)19(17,18)9-8-14(10-15,11-16)12-6-4-5-7-12/h12H,4-11H2,1-3H3. The average Bonchev–Trinajstić information content (AvgIpc) is 2.84. The van der Waals surface area contributed by atoms with Crippen LogP contribution in [0.3, 0.4) is 0 Å². The monoisotopic (exact) mass is 328 g/mol. The van der Waals surface area contributed by atoms with Gasteiger partial charge < -0.3 is 0 Å². The van der Waals surface area contributed by atoms with E-state index in [1.165, 1.54) is 12.8 Å². The Bertz CT molecular complexity index is 375. The molecule has 1 fully saturated rings. The Morgan fingerprint density at radius 1 is 1.05 bits per heavy atom. The molecule has 5 heteroatoms. The van der Waals surface area contributed by atoms with Crippen LogP contribution in [0.5, 0.6) is 0 Å². The van der Waals surface area contributed by atoms with Crippen molar-refractivity contribution in [3.63, 3.8) is 0 Å². The molecule has 2 nitrogen and oxygen atoms in total. The van der Waals surface area contributed by atoms with Crippen LogP contribution in [0.4, 0.5) is 0 Å². The zero-order valence-corrected chi connectivity index (χ0v) is 14.5. The number of halogens is 2. The fourth-order valence-electron chi connectivity index (χ4n) is 2.77. The predicted octanol–water partition coefficient (Wildman–Crippen LogP) is 4.24. The molecule has 0 saturated heterocycles. The van der Waals surface area contributed by atoms with Gasteiger partial charge in [-0.2, -0.15) is 0 Å². The Morgan fingerprint density at radius 3 is 1.89 bits per heavy atom. The van der Waals surface area contributed by atoms with E-state index >= 15 is 0 Å². The molecule has 1 rings (SSSR count). The molecule has 0 bridgehead atoms. The smallest absolute Gasteiger partial charge is 0.155 e. The van der Waals surface area contributed by atoms with Crippen molar-refractivity contribution in [1.82, 2.24) is 0 Å². The molecule has 1 saturated carbocycles. The van der Waals surface area contributed by atoms with Gasteiger partial charge in [-0.3, -0.25) is 0 Å². The van der Waals surface area contributed by atoms with Crippen molar-refractivity contribution in [3.8, 4) is 0 Å². The maximum atomic E-state index is 12.3. The van der Waals surface area contributed by atoms with Crippen molar-refractivity contribution in [3.05, 3.63) is 0 Å². The van der Waals surface area contributed by atoms with Crippen molar-refractivity contribution in [1.29, 1.82) is 0 Å². The van der Waals surface area contributed by atoms with E-state index in [1.807, 2.05) is 0 Å². The molecule has 0 N–H and O–H groups in total. The van der Waals surface area contributed by atoms with Crippen molar-refractivity contribution >= 4 is 33.0 Å². The Morgan fingerprint density at radius 2 is 1.53 bits per heavy atom. The molecule has 0 unspecified atom stereocenters. The zero-order valence-electron chi connectivity index (χ0n) is 12.2. The lowest BCUT2D eigenvalue weighted by atomic mass is 9.75. The van der Waals surface area contributed by atoms with Crippen LogP contribution < -0.4 is 0 Å². The van der Waals surface area contributed by atoms with Gasteiger partial charge >= 0.3 is 0 Å². The second-order valence-electron chi connectivity index (χ2n) is 6.79. The molecular formula is C14H26Cl2O2S. The quantitative estimate of drug-likeness (QED) is 0.683. The summed E-state index contributed by atoms with van der Waals surface area (Å²) in [5.41, 5.74) is -0.210. The highest BCUT2D eigenvalue weighted by Gasteiger charge is 2.41. The van der Waals surface area contributed by atoms with Crippen LogP contribution in [0.2, 0.25) is 0 Å². The summed E-state index contributed by atoms with van der Waals surface area (Å²) in [6.07, 6.45) is 5.28. The summed E-state index contributed by atoms with van der Waals surface area (Å²) in [6.45, 7) is 5.25. The molecule has 19 heavy (non-hydrogen) atoms. The molecule has 0 aromatic rings. The maximum absolute atomic E-state index is 12.3. The van der Waals surface area contributed by atoms with Crippen molar-refractivity contribution < 1.29 is 8.42 Å². The molecule has 0 amide bonds. The van der Waals surface area contributed by atoms with Gasteiger partial charge in [-0.05, 0) is 46.0 Å². The van der Waals surface area contributed by atoms with Gasteiger partial charge in [-0.1, -0.05) is 12.8 Å². The van der Waals surface area contributed by atoms with Gasteiger partial charge in [0.05, 0.1) is 10.5 Å². The average molecular weight is 329 g/mol. The summed E-state index contributed by atoms with van der Waals surface area (Å²) in [4.78, 5) is 0. The van der Waals surface area contributed by atoms with Crippen LogP contribution in [0.1, 0.15) is 52.9 Å². The van der Waals surface area contributed by atoms with Crippen LogP contribution in [-0.4, -0.2) is 30.7 Å². The first-order valence-electron chi connectivity index (χ1n) is 7.03. The number of hydrogen-bond donors (Lipinski definition) is 0. The summed E-state index contributed by atoms with van der Waals surface area (Å²) >= 11 is 12.3. The molecular weight excluding hydrogens is 303 g/mol. The highest BCUT2D eigenvalue weighted by molar-refractivity contribution is 7.92. The predicted molar refractivity (Wildman–Crippen MR) is 84.0 cm³/mol. The minimum atomic E-state index is -3.10. The van der Waals surface area contributed by atoms with Crippen LogP contribution in [-0.2, 0) is 9.84 Å². The first kappa shape index (κ1) is 17.6. The topological polar surface area (TPSA) is 34.1 Å². The number of alkyl halides is 2. The largest absolute Gasteiger partial charge is 0.228 e. The molecule has 0 aromatic carbocycles.